The van der Waals surface area contributed by atoms with Gasteiger partial charge in [0.05, 0.1) is 0 Å². The molecule has 0 aromatic heterocycles. The SMILES string of the molecule is CC1(C)CCN(c2ccc(CNC3CC3)c(Cl)c2)CC1. The van der Waals surface area contributed by atoms with Crippen molar-refractivity contribution in [3.8, 4) is 0 Å². The minimum Gasteiger partial charge on any atom is -0.371 e. The summed E-state index contributed by atoms with van der Waals surface area (Å²) >= 11 is 6.44. The van der Waals surface area contributed by atoms with E-state index in [2.05, 4.69) is 42.3 Å². The topological polar surface area (TPSA) is 15.3 Å². The minimum atomic E-state index is 0.494. The molecule has 2 aliphatic rings. The van der Waals surface area contributed by atoms with Crippen molar-refractivity contribution in [2.24, 2.45) is 5.41 Å². The Bertz CT molecular complexity index is 470. The molecule has 3 rings (SSSR count). The zero-order valence-corrected chi connectivity index (χ0v) is 13.3. The summed E-state index contributed by atoms with van der Waals surface area (Å²) in [4.78, 5) is 2.47. The van der Waals surface area contributed by atoms with Gasteiger partial charge in [0.2, 0.25) is 0 Å². The summed E-state index contributed by atoms with van der Waals surface area (Å²) in [5, 5.41) is 4.43. The van der Waals surface area contributed by atoms with Crippen LogP contribution in [0.1, 0.15) is 45.1 Å². The fourth-order valence-corrected chi connectivity index (χ4v) is 3.03. The van der Waals surface area contributed by atoms with E-state index in [1.807, 2.05) is 0 Å². The first-order chi connectivity index (χ1) is 9.53. The molecule has 1 heterocycles. The lowest BCUT2D eigenvalue weighted by Crippen LogP contribution is -2.37. The largest absolute Gasteiger partial charge is 0.371 e. The van der Waals surface area contributed by atoms with Gasteiger partial charge in [-0.3, -0.25) is 0 Å². The highest BCUT2D eigenvalue weighted by molar-refractivity contribution is 6.31. The number of hydrogen-bond donors (Lipinski definition) is 1. The Morgan fingerprint density at radius 1 is 1.25 bits per heavy atom. The molecule has 2 fully saturated rings. The van der Waals surface area contributed by atoms with Crippen LogP contribution in [0.2, 0.25) is 5.02 Å². The van der Waals surface area contributed by atoms with E-state index in [-0.39, 0.29) is 0 Å². The molecule has 1 aliphatic heterocycles. The van der Waals surface area contributed by atoms with Gasteiger partial charge in [-0.1, -0.05) is 31.5 Å². The second-order valence-corrected chi connectivity index (χ2v) is 7.49. The summed E-state index contributed by atoms with van der Waals surface area (Å²) in [7, 11) is 0. The highest BCUT2D eigenvalue weighted by atomic mass is 35.5. The maximum Gasteiger partial charge on any atom is 0.0471 e. The average molecular weight is 293 g/mol. The molecule has 1 saturated carbocycles. The van der Waals surface area contributed by atoms with E-state index in [4.69, 9.17) is 11.6 Å². The third kappa shape index (κ3) is 3.48. The first kappa shape index (κ1) is 14.2. The first-order valence-electron chi connectivity index (χ1n) is 7.80. The first-order valence-corrected chi connectivity index (χ1v) is 8.18. The zero-order chi connectivity index (χ0) is 14.2. The zero-order valence-electron chi connectivity index (χ0n) is 12.6. The lowest BCUT2D eigenvalue weighted by atomic mass is 9.82. The van der Waals surface area contributed by atoms with Crippen LogP contribution in [0.4, 0.5) is 5.69 Å². The van der Waals surface area contributed by atoms with E-state index in [0.29, 0.717) is 5.41 Å². The molecule has 20 heavy (non-hydrogen) atoms. The van der Waals surface area contributed by atoms with Gasteiger partial charge in [-0.25, -0.2) is 0 Å². The Hall–Kier alpha value is -0.730. The van der Waals surface area contributed by atoms with Crippen molar-refractivity contribution in [3.05, 3.63) is 28.8 Å². The molecule has 1 saturated heterocycles. The van der Waals surface area contributed by atoms with Crippen molar-refractivity contribution in [1.29, 1.82) is 0 Å². The molecule has 1 N–H and O–H groups in total. The van der Waals surface area contributed by atoms with Gasteiger partial charge in [0.25, 0.3) is 0 Å². The Morgan fingerprint density at radius 2 is 1.95 bits per heavy atom. The Balaban J connectivity index is 1.63. The van der Waals surface area contributed by atoms with Crippen LogP contribution in [-0.2, 0) is 6.54 Å². The van der Waals surface area contributed by atoms with Crippen molar-refractivity contribution in [2.45, 2.75) is 52.1 Å². The summed E-state index contributed by atoms with van der Waals surface area (Å²) in [5.41, 5.74) is 2.99. The highest BCUT2D eigenvalue weighted by Crippen LogP contribution is 2.33. The standard InChI is InChI=1S/C17H25ClN2/c1-17(2)7-9-20(10-8-17)15-6-3-13(16(18)11-15)12-19-14-4-5-14/h3,6,11,14,19H,4-5,7-10,12H2,1-2H3. The molecule has 0 radical (unpaired) electrons. The van der Waals surface area contributed by atoms with Gasteiger partial charge in [-0.15, -0.1) is 0 Å². The maximum absolute atomic E-state index is 6.44. The summed E-state index contributed by atoms with van der Waals surface area (Å²) in [5.74, 6) is 0. The second-order valence-electron chi connectivity index (χ2n) is 7.08. The molecule has 0 unspecified atom stereocenters. The molecule has 0 atom stereocenters. The van der Waals surface area contributed by atoms with Crippen LogP contribution >= 0.6 is 11.6 Å². The van der Waals surface area contributed by atoms with Crippen LogP contribution in [0.25, 0.3) is 0 Å². The number of piperidine rings is 1. The normalized spacial score (nSPS) is 22.1. The van der Waals surface area contributed by atoms with E-state index in [1.54, 1.807) is 0 Å². The van der Waals surface area contributed by atoms with E-state index in [1.165, 1.54) is 36.9 Å². The summed E-state index contributed by atoms with van der Waals surface area (Å²) in [6.07, 6.45) is 5.16. The predicted molar refractivity (Wildman–Crippen MR) is 86.5 cm³/mol. The molecule has 0 bridgehead atoms. The van der Waals surface area contributed by atoms with Gasteiger partial charge in [0.1, 0.15) is 0 Å². The van der Waals surface area contributed by atoms with Crippen LogP contribution in [0.15, 0.2) is 18.2 Å². The molecular weight excluding hydrogens is 268 g/mol. The smallest absolute Gasteiger partial charge is 0.0471 e. The van der Waals surface area contributed by atoms with Gasteiger partial charge < -0.3 is 10.2 Å². The lowest BCUT2D eigenvalue weighted by Gasteiger charge is -2.38. The van der Waals surface area contributed by atoms with Crippen LogP contribution in [0, 0.1) is 5.41 Å². The van der Waals surface area contributed by atoms with Crippen LogP contribution < -0.4 is 10.2 Å². The monoisotopic (exact) mass is 292 g/mol. The van der Waals surface area contributed by atoms with Crippen molar-refractivity contribution in [3.63, 3.8) is 0 Å². The van der Waals surface area contributed by atoms with Crippen LogP contribution in [-0.4, -0.2) is 19.1 Å². The van der Waals surface area contributed by atoms with E-state index in [0.717, 1.165) is 30.7 Å². The third-order valence-electron chi connectivity index (χ3n) is 4.68. The maximum atomic E-state index is 6.44. The third-order valence-corrected chi connectivity index (χ3v) is 5.03. The van der Waals surface area contributed by atoms with Gasteiger partial charge in [0.15, 0.2) is 0 Å². The summed E-state index contributed by atoms with van der Waals surface area (Å²) < 4.78 is 0. The molecule has 1 aromatic rings. The van der Waals surface area contributed by atoms with Crippen molar-refractivity contribution >= 4 is 17.3 Å². The number of rotatable bonds is 4. The summed E-state index contributed by atoms with van der Waals surface area (Å²) in [6, 6.07) is 7.29. The van der Waals surface area contributed by atoms with Gasteiger partial charge in [-0.2, -0.15) is 0 Å². The summed E-state index contributed by atoms with van der Waals surface area (Å²) in [6.45, 7) is 7.91. The van der Waals surface area contributed by atoms with Crippen LogP contribution in [0.5, 0.6) is 0 Å². The van der Waals surface area contributed by atoms with Gasteiger partial charge >= 0.3 is 0 Å². The quantitative estimate of drug-likeness (QED) is 0.894. The number of nitrogens with zero attached hydrogens (tertiary/aromatic N) is 1. The van der Waals surface area contributed by atoms with Gasteiger partial charge in [0, 0.05) is 36.4 Å². The minimum absolute atomic E-state index is 0.494. The second kappa shape index (κ2) is 5.57. The molecule has 0 spiro atoms. The highest BCUT2D eigenvalue weighted by Gasteiger charge is 2.25. The van der Waals surface area contributed by atoms with Crippen LogP contribution in [0.3, 0.4) is 0 Å². The number of benzene rings is 1. The molecule has 1 aliphatic carbocycles. The molecule has 3 heteroatoms. The van der Waals surface area contributed by atoms with E-state index < -0.39 is 0 Å². The van der Waals surface area contributed by atoms with Crippen molar-refractivity contribution in [2.75, 3.05) is 18.0 Å². The molecule has 1 aromatic carbocycles. The molecular formula is C17H25ClN2. The Labute approximate surface area is 127 Å². The Kier molecular flexibility index (Phi) is 3.96. The van der Waals surface area contributed by atoms with Gasteiger partial charge in [-0.05, 0) is 48.8 Å². The predicted octanol–water partition coefficient (Wildman–Crippen LogP) is 4.22. The number of hydrogen-bond acceptors (Lipinski definition) is 2. The number of nitrogens with one attached hydrogen (secondary N) is 1. The lowest BCUT2D eigenvalue weighted by molar-refractivity contribution is 0.280. The molecule has 110 valence electrons. The molecule has 2 nitrogen and oxygen atoms in total. The fraction of sp³-hybridized carbons (Fsp3) is 0.647. The molecule has 0 amide bonds. The number of halogens is 1. The Morgan fingerprint density at radius 3 is 2.55 bits per heavy atom. The number of anilines is 1. The van der Waals surface area contributed by atoms with E-state index in [9.17, 15) is 0 Å². The average Bonchev–Trinajstić information content (AvgIpc) is 3.21. The van der Waals surface area contributed by atoms with Crippen molar-refractivity contribution in [1.82, 2.24) is 5.32 Å². The van der Waals surface area contributed by atoms with E-state index >= 15 is 0 Å². The fourth-order valence-electron chi connectivity index (χ4n) is 2.79. The van der Waals surface area contributed by atoms with Crippen molar-refractivity contribution < 1.29 is 0 Å².